The van der Waals surface area contributed by atoms with Gasteiger partial charge in [0.25, 0.3) is 0 Å². The highest BCUT2D eigenvalue weighted by atomic mass is 16.6. The Labute approximate surface area is 380 Å². The summed E-state index contributed by atoms with van der Waals surface area (Å²) in [5.74, 6) is 0.829. The topological polar surface area (TPSA) is 78.9 Å². The van der Waals surface area contributed by atoms with Crippen molar-refractivity contribution in [1.29, 1.82) is 0 Å². The van der Waals surface area contributed by atoms with Crippen molar-refractivity contribution in [3.63, 3.8) is 0 Å². The summed E-state index contributed by atoms with van der Waals surface area (Å²) in [6.45, 7) is 11.4. The molecular formula is C55H106O6. The van der Waals surface area contributed by atoms with Crippen LogP contribution in [0.25, 0.3) is 0 Å². The Hall–Kier alpha value is -1.59. The molecule has 0 radical (unpaired) electrons. The van der Waals surface area contributed by atoms with E-state index in [0.29, 0.717) is 19.3 Å². The average Bonchev–Trinajstić information content (AvgIpc) is 3.23. The van der Waals surface area contributed by atoms with E-state index in [9.17, 15) is 14.4 Å². The van der Waals surface area contributed by atoms with Crippen LogP contribution in [0.5, 0.6) is 0 Å². The van der Waals surface area contributed by atoms with E-state index in [1.54, 1.807) is 0 Å². The normalized spacial score (nSPS) is 12.0. The van der Waals surface area contributed by atoms with Crippen LogP contribution < -0.4 is 0 Å². The number of carbonyl (C=O) groups is 3. The first kappa shape index (κ1) is 59.4. The first-order valence-electron chi connectivity index (χ1n) is 27.2. The van der Waals surface area contributed by atoms with Crippen molar-refractivity contribution in [2.24, 2.45) is 11.8 Å². The summed E-state index contributed by atoms with van der Waals surface area (Å²) in [6, 6.07) is 0. The fourth-order valence-electron chi connectivity index (χ4n) is 8.34. The second-order valence-electron chi connectivity index (χ2n) is 19.8. The molecule has 0 N–H and O–H groups in total. The van der Waals surface area contributed by atoms with E-state index in [4.69, 9.17) is 14.2 Å². The zero-order valence-electron chi connectivity index (χ0n) is 41.8. The first-order chi connectivity index (χ1) is 29.7. The Morgan fingerprint density at radius 3 is 0.803 bits per heavy atom. The minimum absolute atomic E-state index is 0.0637. The number of unbranched alkanes of at least 4 members (excludes halogenated alkanes) is 34. The second kappa shape index (κ2) is 47.9. The maximum absolute atomic E-state index is 12.8. The highest BCUT2D eigenvalue weighted by molar-refractivity contribution is 5.71. The van der Waals surface area contributed by atoms with Crippen molar-refractivity contribution in [2.75, 3.05) is 13.2 Å². The van der Waals surface area contributed by atoms with Crippen molar-refractivity contribution in [1.82, 2.24) is 0 Å². The van der Waals surface area contributed by atoms with Gasteiger partial charge in [-0.25, -0.2) is 0 Å². The summed E-state index contributed by atoms with van der Waals surface area (Å²) in [7, 11) is 0. The van der Waals surface area contributed by atoms with Crippen LogP contribution in [-0.4, -0.2) is 37.2 Å². The fraction of sp³-hybridized carbons (Fsp3) is 0.945. The molecule has 0 fully saturated rings. The lowest BCUT2D eigenvalue weighted by atomic mass is 10.0. The van der Waals surface area contributed by atoms with Gasteiger partial charge in [0, 0.05) is 19.3 Å². The molecule has 0 aliphatic heterocycles. The number of ether oxygens (including phenoxy) is 3. The highest BCUT2D eigenvalue weighted by Crippen LogP contribution is 2.18. The average molecular weight is 863 g/mol. The molecule has 0 rings (SSSR count). The largest absolute Gasteiger partial charge is 0.462 e. The van der Waals surface area contributed by atoms with Crippen molar-refractivity contribution in [2.45, 2.75) is 310 Å². The van der Waals surface area contributed by atoms with Gasteiger partial charge in [0.1, 0.15) is 13.2 Å². The van der Waals surface area contributed by atoms with Crippen LogP contribution in [0.4, 0.5) is 0 Å². The molecule has 0 aromatic heterocycles. The highest BCUT2D eigenvalue weighted by Gasteiger charge is 2.19. The van der Waals surface area contributed by atoms with Gasteiger partial charge >= 0.3 is 17.9 Å². The molecule has 6 nitrogen and oxygen atoms in total. The van der Waals surface area contributed by atoms with Gasteiger partial charge in [-0.1, -0.05) is 266 Å². The number of rotatable bonds is 49. The minimum Gasteiger partial charge on any atom is -0.462 e. The summed E-state index contributed by atoms with van der Waals surface area (Å²) in [5.41, 5.74) is 0. The Morgan fingerprint density at radius 2 is 0.541 bits per heavy atom. The predicted molar refractivity (Wildman–Crippen MR) is 261 cm³/mol. The summed E-state index contributed by atoms with van der Waals surface area (Å²) >= 11 is 0. The molecule has 0 amide bonds. The number of hydrogen-bond acceptors (Lipinski definition) is 6. The standard InChI is InChI=1S/C55H106O6/c1-6-7-8-9-10-23-30-35-40-45-53(56)59-48-52(49-60-54(57)46-41-36-31-26-22-21-25-29-34-39-44-51(4)5)61-55(58)47-42-37-32-27-20-18-16-14-12-11-13-15-17-19-24-28-33-38-43-50(2)3/h50-52H,6-49H2,1-5H3/t52-/m1/s1. The molecule has 0 spiro atoms. The second-order valence-corrected chi connectivity index (χ2v) is 19.8. The van der Waals surface area contributed by atoms with E-state index in [-0.39, 0.29) is 31.1 Å². The number of hydrogen-bond donors (Lipinski definition) is 0. The monoisotopic (exact) mass is 863 g/mol. The Kier molecular flexibility index (Phi) is 46.6. The summed E-state index contributed by atoms with van der Waals surface area (Å²) in [6.07, 6.45) is 49.6. The lowest BCUT2D eigenvalue weighted by Crippen LogP contribution is -2.30. The van der Waals surface area contributed by atoms with Crippen LogP contribution in [0, 0.1) is 11.8 Å². The van der Waals surface area contributed by atoms with E-state index in [1.807, 2.05) is 0 Å². The fourth-order valence-corrected chi connectivity index (χ4v) is 8.34. The van der Waals surface area contributed by atoms with E-state index in [2.05, 4.69) is 34.6 Å². The molecular weight excluding hydrogens is 757 g/mol. The summed E-state index contributed by atoms with van der Waals surface area (Å²) < 4.78 is 16.8. The third-order valence-electron chi connectivity index (χ3n) is 12.5. The minimum atomic E-state index is -0.761. The van der Waals surface area contributed by atoms with Crippen molar-refractivity contribution < 1.29 is 28.6 Å². The molecule has 362 valence electrons. The van der Waals surface area contributed by atoms with Crippen molar-refractivity contribution >= 4 is 17.9 Å². The van der Waals surface area contributed by atoms with Gasteiger partial charge < -0.3 is 14.2 Å². The lowest BCUT2D eigenvalue weighted by Gasteiger charge is -2.18. The summed E-state index contributed by atoms with van der Waals surface area (Å²) in [4.78, 5) is 37.9. The van der Waals surface area contributed by atoms with Gasteiger partial charge in [-0.15, -0.1) is 0 Å². The molecule has 0 aromatic rings. The quantitative estimate of drug-likeness (QED) is 0.0344. The number of carbonyl (C=O) groups excluding carboxylic acids is 3. The van der Waals surface area contributed by atoms with Crippen molar-refractivity contribution in [3.05, 3.63) is 0 Å². The van der Waals surface area contributed by atoms with Crippen LogP contribution in [0.15, 0.2) is 0 Å². The SMILES string of the molecule is CCCCCCCCCCCC(=O)OC[C@H](COC(=O)CCCCCCCCCCCCC(C)C)OC(=O)CCCCCCCCCCCCCCCCCCCCC(C)C. The molecule has 0 heterocycles. The van der Waals surface area contributed by atoms with Crippen LogP contribution in [-0.2, 0) is 28.6 Å². The maximum atomic E-state index is 12.8. The van der Waals surface area contributed by atoms with Gasteiger partial charge in [0.15, 0.2) is 6.10 Å². The van der Waals surface area contributed by atoms with Gasteiger partial charge in [-0.2, -0.15) is 0 Å². The Balaban J connectivity index is 4.20. The molecule has 0 saturated carbocycles. The molecule has 0 saturated heterocycles. The van der Waals surface area contributed by atoms with Gasteiger partial charge in [-0.05, 0) is 31.1 Å². The smallest absolute Gasteiger partial charge is 0.306 e. The van der Waals surface area contributed by atoms with Crippen LogP contribution in [0.2, 0.25) is 0 Å². The van der Waals surface area contributed by atoms with Gasteiger partial charge in [0.05, 0.1) is 0 Å². The van der Waals surface area contributed by atoms with E-state index >= 15 is 0 Å². The molecule has 0 aliphatic carbocycles. The van der Waals surface area contributed by atoms with Crippen LogP contribution in [0.1, 0.15) is 304 Å². The molecule has 0 aromatic carbocycles. The third kappa shape index (κ3) is 49.3. The zero-order valence-corrected chi connectivity index (χ0v) is 41.8. The van der Waals surface area contributed by atoms with E-state index in [1.165, 1.54) is 193 Å². The zero-order chi connectivity index (χ0) is 44.7. The van der Waals surface area contributed by atoms with Gasteiger partial charge in [0.2, 0.25) is 0 Å². The van der Waals surface area contributed by atoms with Crippen LogP contribution in [0.3, 0.4) is 0 Å². The molecule has 1 atom stereocenters. The molecule has 0 bridgehead atoms. The summed E-state index contributed by atoms with van der Waals surface area (Å²) in [5, 5.41) is 0. The molecule has 0 unspecified atom stereocenters. The van der Waals surface area contributed by atoms with E-state index in [0.717, 1.165) is 69.6 Å². The molecule has 0 aliphatic rings. The number of esters is 3. The molecule has 6 heteroatoms. The lowest BCUT2D eigenvalue weighted by molar-refractivity contribution is -0.167. The Bertz CT molecular complexity index is 931. The maximum Gasteiger partial charge on any atom is 0.306 e. The van der Waals surface area contributed by atoms with Crippen molar-refractivity contribution in [3.8, 4) is 0 Å². The molecule has 61 heavy (non-hydrogen) atoms. The van der Waals surface area contributed by atoms with Crippen LogP contribution >= 0.6 is 0 Å². The van der Waals surface area contributed by atoms with Gasteiger partial charge in [-0.3, -0.25) is 14.4 Å². The predicted octanol–water partition coefficient (Wildman–Crippen LogP) is 17.7. The Morgan fingerprint density at radius 1 is 0.311 bits per heavy atom. The third-order valence-corrected chi connectivity index (χ3v) is 12.5. The first-order valence-corrected chi connectivity index (χ1v) is 27.2. The van der Waals surface area contributed by atoms with E-state index < -0.39 is 6.10 Å².